The minimum absolute atomic E-state index is 0.0801. The van der Waals surface area contributed by atoms with Crippen molar-refractivity contribution >= 4 is 12.0 Å². The molecule has 4 heteroatoms. The van der Waals surface area contributed by atoms with Crippen LogP contribution in [0, 0.1) is 57.7 Å². The Labute approximate surface area is 273 Å². The Kier molecular flexibility index (Phi) is 9.75. The van der Waals surface area contributed by atoms with Gasteiger partial charge in [0.15, 0.2) is 11.5 Å². The van der Waals surface area contributed by atoms with Crippen LogP contribution in [0.15, 0.2) is 48.1 Å². The summed E-state index contributed by atoms with van der Waals surface area (Å²) in [5.41, 5.74) is 2.71. The van der Waals surface area contributed by atoms with Crippen molar-refractivity contribution in [2.45, 2.75) is 113 Å². The summed E-state index contributed by atoms with van der Waals surface area (Å²) in [5, 5.41) is 9.88. The van der Waals surface area contributed by atoms with Gasteiger partial charge in [-0.25, -0.2) is 4.79 Å². The van der Waals surface area contributed by atoms with E-state index in [-0.39, 0.29) is 28.7 Å². The highest BCUT2D eigenvalue weighted by molar-refractivity contribution is 5.87. The molecule has 1 N–H and O–H groups in total. The number of ether oxygens (including phenoxy) is 2. The second kappa shape index (κ2) is 13.0. The van der Waals surface area contributed by atoms with Crippen LogP contribution in [0.2, 0.25) is 0 Å². The van der Waals surface area contributed by atoms with Crippen LogP contribution >= 0.6 is 0 Å². The minimum Gasteiger partial charge on any atom is -0.504 e. The number of methoxy groups -OCH3 is 1. The lowest BCUT2D eigenvalue weighted by Crippen LogP contribution is -2.55. The third kappa shape index (κ3) is 6.17. The zero-order chi connectivity index (χ0) is 32.7. The van der Waals surface area contributed by atoms with Crippen molar-refractivity contribution in [3.63, 3.8) is 0 Å². The summed E-state index contributed by atoms with van der Waals surface area (Å²) < 4.78 is 11.4. The fourth-order valence-electron chi connectivity index (χ4n) is 10.9. The Morgan fingerprint density at radius 1 is 1.02 bits per heavy atom. The van der Waals surface area contributed by atoms with Crippen molar-refractivity contribution in [1.82, 2.24) is 0 Å². The van der Waals surface area contributed by atoms with Gasteiger partial charge in [0.2, 0.25) is 0 Å². The molecule has 0 radical (unpaired) electrons. The van der Waals surface area contributed by atoms with Crippen LogP contribution < -0.4 is 4.74 Å². The number of carbonyl (C=O) groups excluding carboxylic acids is 1. The molecule has 0 aromatic heterocycles. The molecule has 0 heterocycles. The number of fused-ring (bicyclic) bond motifs is 5. The fraction of sp³-hybridized carbons (Fsp3) is 0.683. The Morgan fingerprint density at radius 3 is 2.47 bits per heavy atom. The first-order valence-corrected chi connectivity index (χ1v) is 17.9. The first-order valence-electron chi connectivity index (χ1n) is 17.9. The molecule has 0 bridgehead atoms. The molecule has 45 heavy (non-hydrogen) atoms. The van der Waals surface area contributed by atoms with Crippen molar-refractivity contribution in [2.75, 3.05) is 7.11 Å². The number of aromatic hydroxyl groups is 1. The summed E-state index contributed by atoms with van der Waals surface area (Å²) in [6.07, 6.45) is 20.6. The van der Waals surface area contributed by atoms with Gasteiger partial charge >= 0.3 is 5.97 Å². The average Bonchev–Trinajstić information content (AvgIpc) is 3.35. The molecule has 3 saturated carbocycles. The lowest BCUT2D eigenvalue weighted by molar-refractivity contribution is -0.153. The van der Waals surface area contributed by atoms with Crippen molar-refractivity contribution in [3.8, 4) is 11.5 Å². The molecule has 4 nitrogen and oxygen atoms in total. The van der Waals surface area contributed by atoms with Gasteiger partial charge in [-0.3, -0.25) is 0 Å². The van der Waals surface area contributed by atoms with Gasteiger partial charge in [0, 0.05) is 11.5 Å². The van der Waals surface area contributed by atoms with E-state index in [9.17, 15) is 9.90 Å². The van der Waals surface area contributed by atoms with Crippen molar-refractivity contribution < 1.29 is 19.4 Å². The second-order valence-corrected chi connectivity index (χ2v) is 16.4. The molecule has 0 aliphatic heterocycles. The molecule has 1 aromatic rings. The van der Waals surface area contributed by atoms with E-state index in [1.165, 1.54) is 57.3 Å². The molecule has 1 aromatic carbocycles. The summed E-state index contributed by atoms with van der Waals surface area (Å²) in [5.74, 6) is 5.25. The van der Waals surface area contributed by atoms with Gasteiger partial charge in [0.1, 0.15) is 6.10 Å². The lowest BCUT2D eigenvalue weighted by Gasteiger charge is -2.61. The highest BCUT2D eigenvalue weighted by Crippen LogP contribution is 2.69. The van der Waals surface area contributed by atoms with Gasteiger partial charge in [-0.05, 0) is 127 Å². The van der Waals surface area contributed by atoms with E-state index in [0.29, 0.717) is 34.8 Å². The first kappa shape index (κ1) is 33.9. The maximum Gasteiger partial charge on any atom is 0.331 e. The first-order chi connectivity index (χ1) is 21.3. The molecule has 0 spiro atoms. The summed E-state index contributed by atoms with van der Waals surface area (Å²) >= 11 is 0. The summed E-state index contributed by atoms with van der Waals surface area (Å²) in [6, 6.07) is 5.05. The quantitative estimate of drug-likeness (QED) is 0.170. The topological polar surface area (TPSA) is 55.8 Å². The van der Waals surface area contributed by atoms with E-state index in [1.54, 1.807) is 24.3 Å². The maximum absolute atomic E-state index is 13.0. The van der Waals surface area contributed by atoms with Gasteiger partial charge < -0.3 is 14.6 Å². The second-order valence-electron chi connectivity index (χ2n) is 16.4. The molecule has 1 unspecified atom stereocenters. The van der Waals surface area contributed by atoms with Crippen LogP contribution in [0.4, 0.5) is 0 Å². The van der Waals surface area contributed by atoms with E-state index >= 15 is 0 Å². The number of esters is 1. The third-order valence-corrected chi connectivity index (χ3v) is 13.5. The zero-order valence-corrected chi connectivity index (χ0v) is 29.6. The Balaban J connectivity index is 1.29. The standard InChI is InChI=1S/C41H60O4/c1-10-29(26(2)3)14-11-27(4)31-16-17-32-30-15-19-36-39(5,6)37(22-24-41(36,8)33(30)21-23-40(31,32)7)45-38(43)20-13-28-12-18-34(42)35(25-28)44-9/h11-14,18-20,25-27,29-33,37,42H,10,15-17,21-24H2,1-9H3/b14-11?,20-13+/t27-,29-,30+,31-,32+,33+,37?,40-,41-/m1/s1. The van der Waals surface area contributed by atoms with Crippen LogP contribution in [0.3, 0.4) is 0 Å². The Bertz CT molecular complexity index is 1320. The normalized spacial score (nSPS) is 35.4. The van der Waals surface area contributed by atoms with Crippen LogP contribution in [0.1, 0.15) is 112 Å². The van der Waals surface area contributed by atoms with E-state index in [4.69, 9.17) is 9.47 Å². The lowest BCUT2D eigenvalue weighted by atomic mass is 9.44. The number of phenols is 1. The van der Waals surface area contributed by atoms with Crippen LogP contribution in [0.25, 0.3) is 6.08 Å². The third-order valence-electron chi connectivity index (χ3n) is 13.5. The van der Waals surface area contributed by atoms with Crippen molar-refractivity contribution in [2.24, 2.45) is 57.7 Å². The van der Waals surface area contributed by atoms with E-state index in [2.05, 4.69) is 73.6 Å². The van der Waals surface area contributed by atoms with Crippen molar-refractivity contribution in [1.29, 1.82) is 0 Å². The van der Waals surface area contributed by atoms with E-state index in [0.717, 1.165) is 36.2 Å². The molecule has 9 atom stereocenters. The highest BCUT2D eigenvalue weighted by Gasteiger charge is 2.61. The molecule has 248 valence electrons. The molecular formula is C41H60O4. The summed E-state index contributed by atoms with van der Waals surface area (Å²) in [7, 11) is 1.52. The predicted octanol–water partition coefficient (Wildman–Crippen LogP) is 10.4. The Hall–Kier alpha value is -2.49. The van der Waals surface area contributed by atoms with Gasteiger partial charge in [0.05, 0.1) is 7.11 Å². The number of rotatable bonds is 9. The molecule has 0 amide bonds. The van der Waals surface area contributed by atoms with Gasteiger partial charge in [-0.2, -0.15) is 0 Å². The molecular weight excluding hydrogens is 556 g/mol. The van der Waals surface area contributed by atoms with Gasteiger partial charge in [0.25, 0.3) is 0 Å². The SMILES string of the molecule is CC[C@H](C=C[C@@H](C)[C@H]1CC[C@H]2[C@@H]3CC=C4C(C)(C)C(OC(=O)/C=C/c5ccc(O)c(OC)c5)CC[C@]4(C)[C@H]3CC[C@]12C)C(C)C. The van der Waals surface area contributed by atoms with Gasteiger partial charge in [-0.15, -0.1) is 0 Å². The number of hydrogen-bond donors (Lipinski definition) is 1. The Morgan fingerprint density at radius 2 is 1.78 bits per heavy atom. The van der Waals surface area contributed by atoms with Crippen LogP contribution in [-0.2, 0) is 9.53 Å². The summed E-state index contributed by atoms with van der Waals surface area (Å²) in [4.78, 5) is 13.0. The maximum atomic E-state index is 13.0. The highest BCUT2D eigenvalue weighted by atomic mass is 16.5. The molecule has 0 saturated heterocycles. The number of allylic oxidation sites excluding steroid dienone is 3. The number of phenolic OH excluding ortho intramolecular Hbond substituents is 1. The number of hydrogen-bond acceptors (Lipinski definition) is 4. The van der Waals surface area contributed by atoms with Crippen LogP contribution in [0.5, 0.6) is 11.5 Å². The number of carbonyl (C=O) groups is 1. The predicted molar refractivity (Wildman–Crippen MR) is 185 cm³/mol. The van der Waals surface area contributed by atoms with E-state index in [1.807, 2.05) is 0 Å². The molecule has 3 fully saturated rings. The minimum atomic E-state index is -0.315. The monoisotopic (exact) mass is 616 g/mol. The van der Waals surface area contributed by atoms with E-state index < -0.39 is 0 Å². The largest absolute Gasteiger partial charge is 0.504 e. The smallest absolute Gasteiger partial charge is 0.331 e. The zero-order valence-electron chi connectivity index (χ0n) is 29.6. The summed E-state index contributed by atoms with van der Waals surface area (Å²) in [6.45, 7) is 19.3. The van der Waals surface area contributed by atoms with Gasteiger partial charge in [-0.1, -0.05) is 85.3 Å². The number of benzene rings is 1. The molecule has 4 aliphatic carbocycles. The van der Waals surface area contributed by atoms with Crippen LogP contribution in [-0.4, -0.2) is 24.3 Å². The van der Waals surface area contributed by atoms with Crippen molar-refractivity contribution in [3.05, 3.63) is 53.6 Å². The average molecular weight is 617 g/mol. The fourth-order valence-corrected chi connectivity index (χ4v) is 10.9. The molecule has 5 rings (SSSR count). The molecule has 4 aliphatic rings.